The summed E-state index contributed by atoms with van der Waals surface area (Å²) in [7, 11) is 0. The summed E-state index contributed by atoms with van der Waals surface area (Å²) in [5.74, 6) is 3.17. The number of allylic oxidation sites excluding steroid dienone is 7. The van der Waals surface area contributed by atoms with Gasteiger partial charge in [-0.15, -0.1) is 0 Å². The van der Waals surface area contributed by atoms with Crippen LogP contribution in [0.15, 0.2) is 71.5 Å². The van der Waals surface area contributed by atoms with E-state index in [9.17, 15) is 4.79 Å². The number of carbonyl (C=O) groups is 1. The number of benzene rings is 1. The molecule has 0 spiro atoms. The number of Topliss-reactive ketones (excluding diaryl/α,β-unsaturated/α-hetero) is 1. The molecule has 3 rings (SSSR count). The number of anilines is 1. The molecule has 0 atom stereocenters. The molecular weight excluding hydrogens is 320 g/mol. The maximum absolute atomic E-state index is 11.1. The molecule has 1 N–H and O–H groups in total. The molecule has 1 aliphatic heterocycles. The van der Waals surface area contributed by atoms with Gasteiger partial charge in [-0.1, -0.05) is 42.5 Å². The molecule has 1 heterocycles. The van der Waals surface area contributed by atoms with E-state index < -0.39 is 0 Å². The monoisotopic (exact) mass is 343 g/mol. The lowest BCUT2D eigenvalue weighted by Crippen LogP contribution is -2.11. The van der Waals surface area contributed by atoms with E-state index in [-0.39, 0.29) is 5.78 Å². The van der Waals surface area contributed by atoms with Crippen molar-refractivity contribution in [3.8, 4) is 0 Å². The van der Waals surface area contributed by atoms with E-state index in [4.69, 9.17) is 0 Å². The highest BCUT2D eigenvalue weighted by molar-refractivity contribution is 6.04. The fraction of sp³-hybridized carbons (Fsp3) is 0.217. The third kappa shape index (κ3) is 4.49. The van der Waals surface area contributed by atoms with Gasteiger partial charge < -0.3 is 5.32 Å². The summed E-state index contributed by atoms with van der Waals surface area (Å²) in [6.07, 6.45) is 14.4. The van der Waals surface area contributed by atoms with Crippen molar-refractivity contribution < 1.29 is 4.79 Å². The normalized spacial score (nSPS) is 16.1. The Labute approximate surface area is 154 Å². The first-order valence-electron chi connectivity index (χ1n) is 8.87. The molecule has 0 saturated heterocycles. The third-order valence-electron chi connectivity index (χ3n) is 4.28. The highest BCUT2D eigenvalue weighted by Gasteiger charge is 2.23. The molecule has 130 valence electrons. The first-order valence-corrected chi connectivity index (χ1v) is 8.87. The van der Waals surface area contributed by atoms with Crippen molar-refractivity contribution in [2.24, 2.45) is 0 Å². The van der Waals surface area contributed by atoms with Gasteiger partial charge in [0.25, 0.3) is 0 Å². The van der Waals surface area contributed by atoms with Gasteiger partial charge in [-0.3, -0.25) is 4.79 Å². The summed E-state index contributed by atoms with van der Waals surface area (Å²) in [6.45, 7) is 3.63. The molecule has 0 aromatic heterocycles. The minimum Gasteiger partial charge on any atom is -0.358 e. The van der Waals surface area contributed by atoms with Crippen LogP contribution in [0, 0.1) is 0 Å². The van der Waals surface area contributed by atoms with Gasteiger partial charge in [0.2, 0.25) is 0 Å². The Morgan fingerprint density at radius 3 is 3.08 bits per heavy atom. The van der Waals surface area contributed by atoms with Crippen LogP contribution in [-0.4, -0.2) is 17.4 Å². The molecule has 1 aromatic carbocycles. The van der Waals surface area contributed by atoms with Crippen LogP contribution < -0.4 is 9.98 Å². The number of nitrogens with one attached hydrogen (secondary N) is 1. The number of rotatable bonds is 5. The van der Waals surface area contributed by atoms with E-state index in [1.807, 2.05) is 37.3 Å². The highest BCUT2D eigenvalue weighted by atomic mass is 16.1. The van der Waals surface area contributed by atoms with Crippen molar-refractivity contribution in [1.29, 1.82) is 0 Å². The Kier molecular flexibility index (Phi) is 5.66. The van der Waals surface area contributed by atoms with Crippen LogP contribution in [0.1, 0.15) is 38.7 Å². The van der Waals surface area contributed by atoms with E-state index in [1.165, 1.54) is 11.1 Å². The zero-order valence-electron chi connectivity index (χ0n) is 15.3. The third-order valence-corrected chi connectivity index (χ3v) is 4.28. The first kappa shape index (κ1) is 17.7. The van der Waals surface area contributed by atoms with Gasteiger partial charge in [0.15, 0.2) is 0 Å². The molecule has 0 saturated carbocycles. The number of fused-ring (bicyclic) bond motifs is 1. The van der Waals surface area contributed by atoms with E-state index in [2.05, 4.69) is 46.2 Å². The molecule has 0 unspecified atom stereocenters. The van der Waals surface area contributed by atoms with E-state index in [0.29, 0.717) is 6.42 Å². The fourth-order valence-electron chi connectivity index (χ4n) is 3.09. The van der Waals surface area contributed by atoms with Crippen LogP contribution in [-0.2, 0) is 4.79 Å². The van der Waals surface area contributed by atoms with Gasteiger partial charge >= 0.3 is 11.6 Å². The predicted octanol–water partition coefficient (Wildman–Crippen LogP) is 4.39. The zero-order valence-corrected chi connectivity index (χ0v) is 15.3. The lowest BCUT2D eigenvalue weighted by atomic mass is 9.96. The lowest BCUT2D eigenvalue weighted by Gasteiger charge is -2.14. The molecule has 1 aliphatic carbocycles. The lowest BCUT2D eigenvalue weighted by molar-refractivity contribution is -0.116. The maximum Gasteiger partial charge on any atom is 0.323 e. The largest absolute Gasteiger partial charge is 0.358 e. The molecule has 2 aliphatic rings. The average Bonchev–Trinajstić information content (AvgIpc) is 2.91. The van der Waals surface area contributed by atoms with Gasteiger partial charge in [-0.2, -0.15) is 0 Å². The van der Waals surface area contributed by atoms with Crippen LogP contribution >= 0.6 is 0 Å². The number of nitrogens with zero attached hydrogens (tertiary/aromatic N) is 1. The molecule has 0 radical (unpaired) electrons. The number of ketones is 1. The van der Waals surface area contributed by atoms with Gasteiger partial charge in [-0.05, 0) is 34.9 Å². The van der Waals surface area contributed by atoms with Crippen molar-refractivity contribution in [1.82, 2.24) is 4.67 Å². The Bertz CT molecular complexity index is 944. The summed E-state index contributed by atoms with van der Waals surface area (Å²) in [4.78, 5) is 11.1. The topological polar surface area (TPSA) is 43.2 Å². The standard InChI is InChI=1S/C23H22N2O/c1-17(26)8-5-9-19-10-6-13-21(16-19)25-22-14-4-3-11-20-12-7-15-24-18(2)23(20)22/h3-7,9-11,13,16H,8,12,14H2,1-2H3/p+1. The number of hydrogen-bond acceptors (Lipinski definition) is 2. The van der Waals surface area contributed by atoms with Crippen molar-refractivity contribution in [3.05, 3.63) is 77.1 Å². The van der Waals surface area contributed by atoms with E-state index in [0.717, 1.165) is 35.5 Å². The van der Waals surface area contributed by atoms with Gasteiger partial charge in [-0.25, -0.2) is 0 Å². The van der Waals surface area contributed by atoms with Gasteiger partial charge in [0.1, 0.15) is 5.78 Å². The molecular formula is C23H23N2O+. The number of carbonyl (C=O) groups excluding carboxylic acids is 1. The molecule has 0 amide bonds. The van der Waals surface area contributed by atoms with Crippen LogP contribution in [0.2, 0.25) is 0 Å². The van der Waals surface area contributed by atoms with Crippen LogP contribution in [0.3, 0.4) is 0 Å². The average molecular weight is 343 g/mol. The zero-order chi connectivity index (χ0) is 18.4. The molecule has 1 aromatic rings. The van der Waals surface area contributed by atoms with Crippen molar-refractivity contribution in [2.45, 2.75) is 33.1 Å². The Balaban J connectivity index is 1.91. The van der Waals surface area contributed by atoms with E-state index in [1.54, 1.807) is 6.92 Å². The Morgan fingerprint density at radius 2 is 2.23 bits per heavy atom. The summed E-state index contributed by atoms with van der Waals surface area (Å²) in [5, 5.41) is 3.58. The van der Waals surface area contributed by atoms with Crippen molar-refractivity contribution >= 4 is 29.1 Å². The highest BCUT2D eigenvalue weighted by Crippen LogP contribution is 2.27. The minimum absolute atomic E-state index is 0.167. The van der Waals surface area contributed by atoms with Gasteiger partial charge in [0, 0.05) is 43.6 Å². The quantitative estimate of drug-likeness (QED) is 0.806. The summed E-state index contributed by atoms with van der Waals surface area (Å²) < 4.78 is 4.42. The number of hydrogen-bond donors (Lipinski definition) is 1. The molecule has 0 bridgehead atoms. The summed E-state index contributed by atoms with van der Waals surface area (Å²) in [5.41, 5.74) is 6.66. The fourth-order valence-corrected chi connectivity index (χ4v) is 3.09. The van der Waals surface area contributed by atoms with Gasteiger partial charge in [0.05, 0.1) is 5.57 Å². The second kappa shape index (κ2) is 8.31. The van der Waals surface area contributed by atoms with Crippen molar-refractivity contribution in [3.63, 3.8) is 0 Å². The second-order valence-electron chi connectivity index (χ2n) is 6.47. The Hall–Kier alpha value is -3.12. The van der Waals surface area contributed by atoms with Crippen molar-refractivity contribution in [2.75, 3.05) is 5.32 Å². The first-order chi connectivity index (χ1) is 12.6. The predicted molar refractivity (Wildman–Crippen MR) is 110 cm³/mol. The molecule has 0 fully saturated rings. The molecule has 26 heavy (non-hydrogen) atoms. The summed E-state index contributed by atoms with van der Waals surface area (Å²) >= 11 is 0. The van der Waals surface area contributed by atoms with Crippen LogP contribution in [0.5, 0.6) is 0 Å². The smallest absolute Gasteiger partial charge is 0.323 e. The molecule has 3 nitrogen and oxygen atoms in total. The van der Waals surface area contributed by atoms with Crippen LogP contribution in [0.25, 0.3) is 6.08 Å². The van der Waals surface area contributed by atoms with Crippen LogP contribution in [0.4, 0.5) is 5.69 Å². The molecule has 3 heteroatoms. The second-order valence-corrected chi connectivity index (χ2v) is 6.47. The SMILES string of the molecule is CC(=O)CC=Cc1cccc(NC2=C3C(=CC=CC2)CC=C=[N+]=C3C)c1. The minimum atomic E-state index is 0.167. The van der Waals surface area contributed by atoms with E-state index >= 15 is 0 Å². The summed E-state index contributed by atoms with van der Waals surface area (Å²) in [6, 6.07) is 8.21. The Morgan fingerprint density at radius 1 is 1.35 bits per heavy atom. The maximum atomic E-state index is 11.1.